The van der Waals surface area contributed by atoms with Gasteiger partial charge in [-0.3, -0.25) is 4.79 Å². The summed E-state index contributed by atoms with van der Waals surface area (Å²) >= 11 is 6.16. The second-order valence-electron chi connectivity index (χ2n) is 5.80. The van der Waals surface area contributed by atoms with Gasteiger partial charge in [0.1, 0.15) is 0 Å². The number of carbonyl (C=O) groups excluding carboxylic acids is 1. The molecule has 3 nitrogen and oxygen atoms in total. The molecule has 1 aromatic rings. The number of nitrogens with two attached hydrogens (primary N) is 1. The molecule has 1 aliphatic carbocycles. The number of amides is 1. The lowest BCUT2D eigenvalue weighted by Gasteiger charge is -2.37. The molecule has 110 valence electrons. The first kappa shape index (κ1) is 15.3. The topological polar surface area (TPSA) is 46.3 Å². The Balaban J connectivity index is 2.10. The lowest BCUT2D eigenvalue weighted by Crippen LogP contribution is -2.47. The summed E-state index contributed by atoms with van der Waals surface area (Å²) in [5.74, 6) is 0.166. The SMILES string of the molecule is CN(Cc1ccccc1Cl)C(=O)C1(CN)CCCCC1. The van der Waals surface area contributed by atoms with Crippen molar-refractivity contribution in [1.29, 1.82) is 0 Å². The third-order valence-electron chi connectivity index (χ3n) is 4.37. The first-order valence-electron chi connectivity index (χ1n) is 7.28. The zero-order valence-corrected chi connectivity index (χ0v) is 12.8. The number of nitrogens with zero attached hydrogens (tertiary/aromatic N) is 1. The van der Waals surface area contributed by atoms with Crippen LogP contribution in [0.2, 0.25) is 5.02 Å². The minimum absolute atomic E-state index is 0.166. The number of halogens is 1. The summed E-state index contributed by atoms with van der Waals surface area (Å²) in [6.45, 7) is 0.985. The first-order chi connectivity index (χ1) is 9.59. The van der Waals surface area contributed by atoms with Gasteiger partial charge in [-0.15, -0.1) is 0 Å². The van der Waals surface area contributed by atoms with Gasteiger partial charge in [-0.1, -0.05) is 49.1 Å². The summed E-state index contributed by atoms with van der Waals surface area (Å²) in [6.07, 6.45) is 5.24. The van der Waals surface area contributed by atoms with Crippen LogP contribution in [0.5, 0.6) is 0 Å². The van der Waals surface area contributed by atoms with Crippen molar-refractivity contribution >= 4 is 17.5 Å². The number of carbonyl (C=O) groups is 1. The monoisotopic (exact) mass is 294 g/mol. The van der Waals surface area contributed by atoms with Crippen LogP contribution >= 0.6 is 11.6 Å². The predicted molar refractivity (Wildman–Crippen MR) is 82.5 cm³/mol. The summed E-state index contributed by atoms with van der Waals surface area (Å²) in [6, 6.07) is 7.66. The van der Waals surface area contributed by atoms with Gasteiger partial charge in [0.05, 0.1) is 5.41 Å². The van der Waals surface area contributed by atoms with E-state index < -0.39 is 0 Å². The van der Waals surface area contributed by atoms with Crippen LogP contribution in [-0.2, 0) is 11.3 Å². The molecule has 0 radical (unpaired) electrons. The fourth-order valence-corrected chi connectivity index (χ4v) is 3.29. The molecule has 1 saturated carbocycles. The Morgan fingerprint density at radius 3 is 2.55 bits per heavy atom. The van der Waals surface area contributed by atoms with E-state index >= 15 is 0 Å². The van der Waals surface area contributed by atoms with Crippen molar-refractivity contribution in [2.24, 2.45) is 11.1 Å². The Labute approximate surface area is 126 Å². The van der Waals surface area contributed by atoms with Crippen LogP contribution in [0, 0.1) is 5.41 Å². The summed E-state index contributed by atoms with van der Waals surface area (Å²) < 4.78 is 0. The third kappa shape index (κ3) is 3.15. The zero-order chi connectivity index (χ0) is 14.6. The molecular formula is C16H23ClN2O. The van der Waals surface area contributed by atoms with Gasteiger partial charge in [-0.05, 0) is 24.5 Å². The van der Waals surface area contributed by atoms with Crippen LogP contribution in [0.3, 0.4) is 0 Å². The van der Waals surface area contributed by atoms with E-state index in [1.54, 1.807) is 4.90 Å². The maximum Gasteiger partial charge on any atom is 0.230 e. The highest BCUT2D eigenvalue weighted by Crippen LogP contribution is 2.37. The van der Waals surface area contributed by atoms with Crippen molar-refractivity contribution in [3.63, 3.8) is 0 Å². The quantitative estimate of drug-likeness (QED) is 0.927. The molecule has 1 fully saturated rings. The molecule has 0 unspecified atom stereocenters. The number of hydrogen-bond donors (Lipinski definition) is 1. The Hall–Kier alpha value is -1.06. The molecule has 0 saturated heterocycles. The molecule has 4 heteroatoms. The van der Waals surface area contributed by atoms with Crippen LogP contribution in [0.1, 0.15) is 37.7 Å². The van der Waals surface area contributed by atoms with E-state index in [1.807, 2.05) is 31.3 Å². The molecule has 0 atom stereocenters. The molecule has 1 aliphatic rings. The van der Waals surface area contributed by atoms with Crippen LogP contribution in [0.25, 0.3) is 0 Å². The summed E-state index contributed by atoms with van der Waals surface area (Å²) in [4.78, 5) is 14.5. The van der Waals surface area contributed by atoms with E-state index in [9.17, 15) is 4.79 Å². The van der Waals surface area contributed by atoms with Crippen LogP contribution in [0.15, 0.2) is 24.3 Å². The molecule has 0 aromatic heterocycles. The fraction of sp³-hybridized carbons (Fsp3) is 0.562. The molecule has 0 heterocycles. The third-order valence-corrected chi connectivity index (χ3v) is 4.74. The molecule has 2 rings (SSSR count). The van der Waals surface area contributed by atoms with E-state index in [4.69, 9.17) is 17.3 Å². The highest BCUT2D eigenvalue weighted by atomic mass is 35.5. The van der Waals surface area contributed by atoms with Crippen LogP contribution < -0.4 is 5.73 Å². The van der Waals surface area contributed by atoms with E-state index in [2.05, 4.69) is 0 Å². The minimum atomic E-state index is -0.353. The van der Waals surface area contributed by atoms with E-state index in [1.165, 1.54) is 6.42 Å². The van der Waals surface area contributed by atoms with Crippen molar-refractivity contribution in [2.45, 2.75) is 38.6 Å². The van der Waals surface area contributed by atoms with Gasteiger partial charge in [0.15, 0.2) is 0 Å². The zero-order valence-electron chi connectivity index (χ0n) is 12.1. The second kappa shape index (κ2) is 6.59. The minimum Gasteiger partial charge on any atom is -0.341 e. The molecule has 0 spiro atoms. The summed E-state index contributed by atoms with van der Waals surface area (Å²) in [5.41, 5.74) is 6.55. The Morgan fingerprint density at radius 2 is 1.95 bits per heavy atom. The highest BCUT2D eigenvalue weighted by Gasteiger charge is 2.39. The molecule has 0 bridgehead atoms. The van der Waals surface area contributed by atoms with Gasteiger partial charge in [-0.25, -0.2) is 0 Å². The smallest absolute Gasteiger partial charge is 0.230 e. The largest absolute Gasteiger partial charge is 0.341 e. The van der Waals surface area contributed by atoms with Gasteiger partial charge in [0.2, 0.25) is 5.91 Å². The Bertz CT molecular complexity index is 469. The fourth-order valence-electron chi connectivity index (χ4n) is 3.09. The normalized spacial score (nSPS) is 17.8. The molecule has 20 heavy (non-hydrogen) atoms. The lowest BCUT2D eigenvalue weighted by molar-refractivity contribution is -0.142. The van der Waals surface area contributed by atoms with Crippen molar-refractivity contribution in [3.8, 4) is 0 Å². The Morgan fingerprint density at radius 1 is 1.30 bits per heavy atom. The number of rotatable bonds is 4. The van der Waals surface area contributed by atoms with Crippen molar-refractivity contribution in [1.82, 2.24) is 4.90 Å². The van der Waals surface area contributed by atoms with Gasteiger partial charge >= 0.3 is 0 Å². The summed E-state index contributed by atoms with van der Waals surface area (Å²) in [7, 11) is 1.84. The van der Waals surface area contributed by atoms with E-state index in [0.29, 0.717) is 18.1 Å². The standard InChI is InChI=1S/C16H23ClN2O/c1-19(11-13-7-3-4-8-14(13)17)15(20)16(12-18)9-5-2-6-10-16/h3-4,7-8H,2,5-6,9-12,18H2,1H3. The van der Waals surface area contributed by atoms with Crippen LogP contribution in [-0.4, -0.2) is 24.4 Å². The van der Waals surface area contributed by atoms with Crippen LogP contribution in [0.4, 0.5) is 0 Å². The molecular weight excluding hydrogens is 272 g/mol. The second-order valence-corrected chi connectivity index (χ2v) is 6.20. The Kier molecular flexibility index (Phi) is 5.06. The van der Waals surface area contributed by atoms with Crippen molar-refractivity contribution < 1.29 is 4.79 Å². The average molecular weight is 295 g/mol. The van der Waals surface area contributed by atoms with Gasteiger partial charge in [0.25, 0.3) is 0 Å². The highest BCUT2D eigenvalue weighted by molar-refractivity contribution is 6.31. The molecule has 2 N–H and O–H groups in total. The first-order valence-corrected chi connectivity index (χ1v) is 7.66. The predicted octanol–water partition coefficient (Wildman–Crippen LogP) is 3.21. The maximum absolute atomic E-state index is 12.8. The van der Waals surface area contributed by atoms with Crippen molar-refractivity contribution in [3.05, 3.63) is 34.9 Å². The average Bonchev–Trinajstić information content (AvgIpc) is 2.49. The lowest BCUT2D eigenvalue weighted by atomic mass is 9.73. The molecule has 1 aromatic carbocycles. The van der Waals surface area contributed by atoms with E-state index in [-0.39, 0.29) is 11.3 Å². The number of benzene rings is 1. The van der Waals surface area contributed by atoms with Crippen molar-refractivity contribution in [2.75, 3.05) is 13.6 Å². The van der Waals surface area contributed by atoms with Gasteiger partial charge in [0, 0.05) is 25.2 Å². The number of hydrogen-bond acceptors (Lipinski definition) is 2. The van der Waals surface area contributed by atoms with E-state index in [0.717, 1.165) is 31.2 Å². The van der Waals surface area contributed by atoms with Gasteiger partial charge in [-0.2, -0.15) is 0 Å². The molecule has 0 aliphatic heterocycles. The van der Waals surface area contributed by atoms with Gasteiger partial charge < -0.3 is 10.6 Å². The summed E-state index contributed by atoms with van der Waals surface area (Å²) in [5, 5.41) is 0.706. The maximum atomic E-state index is 12.8. The molecule has 1 amide bonds.